The van der Waals surface area contributed by atoms with E-state index in [4.69, 9.17) is 25.5 Å². The van der Waals surface area contributed by atoms with Crippen molar-refractivity contribution < 1.29 is 39.9 Å². The standard InChI is InChI=1S/C17H34O2.C6H12O6/c1-3-4-5-6-7-8-9-10-11-12-13-14-15-16-17(18)19-2;7-1-3(9)5(11)6(12)4(10)2-8/h3-16H2,1-2H3;1,3-6,8-12H,2H2/t;3-,4+,5+,6+/m.0/s1. The van der Waals surface area contributed by atoms with Gasteiger partial charge in [0.2, 0.25) is 0 Å². The van der Waals surface area contributed by atoms with Gasteiger partial charge in [0.25, 0.3) is 0 Å². The number of carbonyl (C=O) groups is 2. The van der Waals surface area contributed by atoms with Crippen molar-refractivity contribution in [1.82, 2.24) is 0 Å². The first kappa shape index (κ1) is 32.1. The maximum absolute atomic E-state index is 10.9. The number of hydrogen-bond donors (Lipinski definition) is 5. The third kappa shape index (κ3) is 20.6. The molecule has 0 aliphatic rings. The molecule has 0 aromatic heterocycles. The highest BCUT2D eigenvalue weighted by atomic mass is 16.5. The largest absolute Gasteiger partial charge is 0.469 e. The highest BCUT2D eigenvalue weighted by Crippen LogP contribution is 2.13. The van der Waals surface area contributed by atoms with Crippen molar-refractivity contribution in [3.05, 3.63) is 0 Å². The van der Waals surface area contributed by atoms with Crippen LogP contribution in [0, 0.1) is 0 Å². The zero-order valence-electron chi connectivity index (χ0n) is 19.5. The molecule has 0 spiro atoms. The highest BCUT2D eigenvalue weighted by molar-refractivity contribution is 5.68. The number of aldehydes is 1. The lowest BCUT2D eigenvalue weighted by atomic mass is 10.0. The molecule has 4 atom stereocenters. The molecule has 0 rings (SSSR count). The number of rotatable bonds is 19. The minimum Gasteiger partial charge on any atom is -0.469 e. The molecule has 0 fully saturated rings. The van der Waals surface area contributed by atoms with Gasteiger partial charge in [0.05, 0.1) is 13.7 Å². The van der Waals surface area contributed by atoms with Crippen LogP contribution < -0.4 is 0 Å². The van der Waals surface area contributed by atoms with E-state index in [0.29, 0.717) is 6.42 Å². The molecule has 0 radical (unpaired) electrons. The van der Waals surface area contributed by atoms with Gasteiger partial charge >= 0.3 is 5.97 Å². The molecule has 0 bridgehead atoms. The zero-order chi connectivity index (χ0) is 23.9. The number of hydrogen-bond acceptors (Lipinski definition) is 8. The van der Waals surface area contributed by atoms with Crippen molar-refractivity contribution in [2.75, 3.05) is 13.7 Å². The van der Waals surface area contributed by atoms with Crippen molar-refractivity contribution >= 4 is 12.3 Å². The van der Waals surface area contributed by atoms with Gasteiger partial charge in [0.15, 0.2) is 6.29 Å². The zero-order valence-corrected chi connectivity index (χ0v) is 19.5. The Morgan fingerprint density at radius 2 is 1.19 bits per heavy atom. The van der Waals surface area contributed by atoms with Crippen LogP contribution in [-0.4, -0.2) is 75.9 Å². The summed E-state index contributed by atoms with van der Waals surface area (Å²) < 4.78 is 4.62. The lowest BCUT2D eigenvalue weighted by Crippen LogP contribution is -2.46. The molecule has 8 heteroatoms. The molecule has 186 valence electrons. The minimum atomic E-state index is -1.79. The van der Waals surface area contributed by atoms with Crippen molar-refractivity contribution in [2.45, 2.75) is 121 Å². The number of methoxy groups -OCH3 is 1. The van der Waals surface area contributed by atoms with Gasteiger partial charge in [0.1, 0.15) is 24.4 Å². The van der Waals surface area contributed by atoms with E-state index >= 15 is 0 Å². The molecule has 0 heterocycles. The summed E-state index contributed by atoms with van der Waals surface area (Å²) in [5.41, 5.74) is 0. The SMILES string of the molecule is CCCCCCCCCCCCCCCC(=O)OC.O=C[C@H](O)[C@@H](O)[C@H](O)[C@H](O)CO. The fourth-order valence-corrected chi connectivity index (χ4v) is 3.01. The van der Waals surface area contributed by atoms with Crippen LogP contribution in [0.5, 0.6) is 0 Å². The predicted octanol–water partition coefficient (Wildman–Crippen LogP) is 2.26. The fourth-order valence-electron chi connectivity index (χ4n) is 3.01. The number of esters is 1. The second-order valence-electron chi connectivity index (χ2n) is 7.93. The Morgan fingerprint density at radius 3 is 1.55 bits per heavy atom. The molecule has 8 nitrogen and oxygen atoms in total. The summed E-state index contributed by atoms with van der Waals surface area (Å²) in [5, 5.41) is 43.5. The Balaban J connectivity index is 0. The van der Waals surface area contributed by atoms with Gasteiger partial charge in [-0.2, -0.15) is 0 Å². The lowest BCUT2D eigenvalue weighted by molar-refractivity contribution is -0.140. The summed E-state index contributed by atoms with van der Waals surface area (Å²) in [6, 6.07) is 0. The average Bonchev–Trinajstić information content (AvgIpc) is 2.80. The van der Waals surface area contributed by atoms with Crippen molar-refractivity contribution in [1.29, 1.82) is 0 Å². The first-order valence-corrected chi connectivity index (χ1v) is 11.7. The Bertz CT molecular complexity index is 405. The summed E-state index contributed by atoms with van der Waals surface area (Å²) in [4.78, 5) is 20.8. The number of aliphatic hydroxyl groups is 5. The summed E-state index contributed by atoms with van der Waals surface area (Å²) in [6.07, 6.45) is 11.2. The van der Waals surface area contributed by atoms with Crippen LogP contribution in [-0.2, 0) is 14.3 Å². The van der Waals surface area contributed by atoms with E-state index in [-0.39, 0.29) is 12.3 Å². The number of unbranched alkanes of at least 4 members (excludes halogenated alkanes) is 12. The second-order valence-corrected chi connectivity index (χ2v) is 7.93. The summed E-state index contributed by atoms with van der Waals surface area (Å²) in [6.45, 7) is 1.51. The average molecular weight is 451 g/mol. The molecule has 0 unspecified atom stereocenters. The first-order chi connectivity index (χ1) is 14.8. The molecule has 0 saturated heterocycles. The highest BCUT2D eigenvalue weighted by Gasteiger charge is 2.29. The van der Waals surface area contributed by atoms with Gasteiger partial charge in [-0.25, -0.2) is 0 Å². The topological polar surface area (TPSA) is 145 Å². The van der Waals surface area contributed by atoms with E-state index in [9.17, 15) is 9.59 Å². The van der Waals surface area contributed by atoms with Crippen LogP contribution in [0.3, 0.4) is 0 Å². The molecule has 0 aliphatic heterocycles. The van der Waals surface area contributed by atoms with Crippen LogP contribution in [0.4, 0.5) is 0 Å². The monoisotopic (exact) mass is 450 g/mol. The van der Waals surface area contributed by atoms with Gasteiger partial charge in [0, 0.05) is 6.42 Å². The minimum absolute atomic E-state index is 0.0258. The molecule has 5 N–H and O–H groups in total. The molecule has 31 heavy (non-hydrogen) atoms. The van der Waals surface area contributed by atoms with Crippen LogP contribution >= 0.6 is 0 Å². The van der Waals surface area contributed by atoms with Crippen LogP contribution in [0.1, 0.15) is 96.8 Å². The van der Waals surface area contributed by atoms with Crippen LogP contribution in [0.25, 0.3) is 0 Å². The maximum atomic E-state index is 10.9. The summed E-state index contributed by atoms with van der Waals surface area (Å²) >= 11 is 0. The quantitative estimate of drug-likeness (QED) is 0.114. The number of carbonyl (C=O) groups excluding carboxylic acids is 2. The van der Waals surface area contributed by atoms with Crippen LogP contribution in [0.15, 0.2) is 0 Å². The van der Waals surface area contributed by atoms with E-state index in [1.54, 1.807) is 0 Å². The van der Waals surface area contributed by atoms with Crippen molar-refractivity contribution in [3.8, 4) is 0 Å². The maximum Gasteiger partial charge on any atom is 0.305 e. The second kappa shape index (κ2) is 23.6. The Kier molecular flexibility index (Phi) is 24.5. The molecular weight excluding hydrogens is 404 g/mol. The number of aliphatic hydroxyl groups excluding tert-OH is 5. The first-order valence-electron chi connectivity index (χ1n) is 11.7. The third-order valence-corrected chi connectivity index (χ3v) is 5.13. The van der Waals surface area contributed by atoms with E-state index in [1.807, 2.05) is 0 Å². The van der Waals surface area contributed by atoms with E-state index in [1.165, 1.54) is 84.2 Å². The summed E-state index contributed by atoms with van der Waals surface area (Å²) in [5.74, 6) is -0.0666. The van der Waals surface area contributed by atoms with Gasteiger partial charge in [-0.15, -0.1) is 0 Å². The van der Waals surface area contributed by atoms with Gasteiger partial charge in [-0.3, -0.25) is 4.79 Å². The Hall–Kier alpha value is -1.06. The van der Waals surface area contributed by atoms with E-state index in [0.717, 1.165) is 6.42 Å². The number of ether oxygens (including phenoxy) is 1. The Labute approximate surface area is 187 Å². The van der Waals surface area contributed by atoms with E-state index < -0.39 is 31.0 Å². The molecule has 0 aliphatic carbocycles. The summed E-state index contributed by atoms with van der Waals surface area (Å²) in [7, 11) is 1.46. The lowest BCUT2D eigenvalue weighted by Gasteiger charge is -2.22. The molecular formula is C23H46O8. The van der Waals surface area contributed by atoms with Crippen molar-refractivity contribution in [2.24, 2.45) is 0 Å². The van der Waals surface area contributed by atoms with Gasteiger partial charge < -0.3 is 35.1 Å². The van der Waals surface area contributed by atoms with E-state index in [2.05, 4.69) is 11.7 Å². The third-order valence-electron chi connectivity index (χ3n) is 5.13. The Morgan fingerprint density at radius 1 is 0.774 bits per heavy atom. The van der Waals surface area contributed by atoms with Crippen LogP contribution in [0.2, 0.25) is 0 Å². The smallest absolute Gasteiger partial charge is 0.305 e. The van der Waals surface area contributed by atoms with Crippen molar-refractivity contribution in [3.63, 3.8) is 0 Å². The molecule has 0 saturated carbocycles. The molecule has 0 aromatic rings. The molecule has 0 aromatic carbocycles. The predicted molar refractivity (Wildman–Crippen MR) is 120 cm³/mol. The normalized spacial score (nSPS) is 14.7. The molecule has 0 amide bonds. The van der Waals surface area contributed by atoms with Gasteiger partial charge in [-0.1, -0.05) is 84.0 Å². The van der Waals surface area contributed by atoms with Gasteiger partial charge in [-0.05, 0) is 6.42 Å². The fraction of sp³-hybridized carbons (Fsp3) is 0.913.